The zero-order chi connectivity index (χ0) is 31.9. The predicted molar refractivity (Wildman–Crippen MR) is 167 cm³/mol. The second-order valence-corrected chi connectivity index (χ2v) is 12.7. The first-order chi connectivity index (χ1) is 20.9. The fraction of sp³-hybridized carbons (Fsp3) is 0.529. The van der Waals surface area contributed by atoms with E-state index in [0.29, 0.717) is 35.3 Å². The first-order valence-electron chi connectivity index (χ1n) is 15.5. The van der Waals surface area contributed by atoms with Crippen molar-refractivity contribution < 1.29 is 34.5 Å². The molecule has 2 bridgehead atoms. The second-order valence-electron chi connectivity index (χ2n) is 12.7. The maximum Gasteiger partial charge on any atom is 0.335 e. The number of hydroxylamine groups is 2. The van der Waals surface area contributed by atoms with Crippen LogP contribution in [-0.2, 0) is 16.2 Å². The van der Waals surface area contributed by atoms with Crippen molar-refractivity contribution in [3.63, 3.8) is 0 Å². The molecule has 3 aliphatic carbocycles. The van der Waals surface area contributed by atoms with Crippen molar-refractivity contribution in [3.05, 3.63) is 59.7 Å². The van der Waals surface area contributed by atoms with Crippen LogP contribution in [0.5, 0.6) is 5.75 Å². The number of para-hydroxylation sites is 1. The van der Waals surface area contributed by atoms with Crippen molar-refractivity contribution in [1.29, 1.82) is 0 Å². The van der Waals surface area contributed by atoms with Gasteiger partial charge >= 0.3 is 5.97 Å². The lowest BCUT2D eigenvalue weighted by atomic mass is 9.56. The zero-order valence-corrected chi connectivity index (χ0v) is 26.2. The molecule has 0 radical (unpaired) electrons. The number of aliphatic hydroxyl groups excluding tert-OH is 2. The molecule has 1 amide bonds. The van der Waals surface area contributed by atoms with Gasteiger partial charge in [-0.25, -0.2) is 4.79 Å². The lowest BCUT2D eigenvalue weighted by molar-refractivity contribution is -0.182. The Balaban J connectivity index is 1.49. The minimum absolute atomic E-state index is 0.00357. The van der Waals surface area contributed by atoms with E-state index >= 15 is 0 Å². The molecule has 10 nitrogen and oxygen atoms in total. The van der Waals surface area contributed by atoms with Crippen molar-refractivity contribution in [2.75, 3.05) is 32.2 Å². The number of carbonyl (C=O) groups excluding carboxylic acids is 1. The smallest absolute Gasteiger partial charge is 0.335 e. The summed E-state index contributed by atoms with van der Waals surface area (Å²) in [6, 6.07) is 9.91. The fourth-order valence-corrected chi connectivity index (χ4v) is 7.25. The molecular formula is C34H45N3O7. The summed E-state index contributed by atoms with van der Waals surface area (Å²) < 4.78 is 6.17. The van der Waals surface area contributed by atoms with Crippen molar-refractivity contribution >= 4 is 17.6 Å². The average Bonchev–Trinajstić information content (AvgIpc) is 3.36. The van der Waals surface area contributed by atoms with Crippen LogP contribution in [0.1, 0.15) is 49.5 Å². The van der Waals surface area contributed by atoms with Crippen LogP contribution >= 0.6 is 0 Å². The Morgan fingerprint density at radius 1 is 1.23 bits per heavy atom. The number of ether oxygens (including phenoxy) is 1. The number of carboxylic acid groups (broad SMARTS) is 1. The summed E-state index contributed by atoms with van der Waals surface area (Å²) in [4.78, 5) is 34.0. The Bertz CT molecular complexity index is 1410. The number of aliphatic hydroxyl groups is 2. The number of nitrogens with one attached hydrogen (secondary N) is 1. The molecule has 2 aromatic rings. The molecule has 3 saturated carbocycles. The largest absolute Gasteiger partial charge is 0.493 e. The second kappa shape index (κ2) is 12.9. The Morgan fingerprint density at radius 2 is 1.98 bits per heavy atom. The topological polar surface area (TPSA) is 132 Å². The number of benzene rings is 2. The lowest BCUT2D eigenvalue weighted by Crippen LogP contribution is -2.57. The number of hydrogen-bond donors (Lipinski definition) is 4. The molecule has 1 saturated heterocycles. The van der Waals surface area contributed by atoms with Gasteiger partial charge in [-0.15, -0.1) is 0 Å². The van der Waals surface area contributed by atoms with E-state index in [0.717, 1.165) is 24.1 Å². The van der Waals surface area contributed by atoms with Crippen LogP contribution < -0.4 is 15.0 Å². The summed E-state index contributed by atoms with van der Waals surface area (Å²) in [6.45, 7) is 10.0. The number of anilines is 1. The molecule has 0 spiro atoms. The highest BCUT2D eigenvalue weighted by molar-refractivity contribution is 5.92. The third kappa shape index (κ3) is 5.96. The van der Waals surface area contributed by atoms with Crippen molar-refractivity contribution in [1.82, 2.24) is 10.4 Å². The highest BCUT2D eigenvalue weighted by Gasteiger charge is 2.52. The standard InChI is InChI=1S/C34H45N3O7/c1-7-43-32-21(9-8-10-26(32)23-11-24(34(41)42)13-25(12-23)36(5)6)16-37-31(30(20(4)39)29(17-38)44-37)33(40)35-28-15-22-14-27(18(22)2)19(28)3/h8-13,19-20,22,27-31,38-39H,2,7,14-17H2,1,3-6H3,(H,35,40)(H,41,42)/t19-,20-,22+,27+,28-,29-,30+,31-/m0/s1. The summed E-state index contributed by atoms with van der Waals surface area (Å²) in [6.07, 6.45) is 0.289. The molecular weight excluding hydrogens is 562 g/mol. The predicted octanol–water partition coefficient (Wildman–Crippen LogP) is 3.71. The molecule has 1 aliphatic heterocycles. The highest BCUT2D eigenvalue weighted by atomic mass is 16.7. The van der Waals surface area contributed by atoms with E-state index in [4.69, 9.17) is 9.57 Å². The van der Waals surface area contributed by atoms with Gasteiger partial charge in [-0.1, -0.05) is 37.3 Å². The maximum absolute atomic E-state index is 14.0. The van der Waals surface area contributed by atoms with E-state index in [-0.39, 0.29) is 36.6 Å². The van der Waals surface area contributed by atoms with Crippen molar-refractivity contribution in [2.45, 2.75) is 64.4 Å². The van der Waals surface area contributed by atoms with Crippen molar-refractivity contribution in [2.24, 2.45) is 23.7 Å². The summed E-state index contributed by atoms with van der Waals surface area (Å²) in [7, 11) is 3.70. The SMILES string of the molecule is C=C1[C@H]2C[C@H](NC(=O)[C@@H]3[C@H]([C@H](C)O)[C@H](CO)ON3Cc3cccc(-c4cc(C(=O)O)cc(N(C)C)c4)c3OCC)[C@@H](C)[C@@H]1C2. The van der Waals surface area contributed by atoms with E-state index in [1.54, 1.807) is 24.1 Å². The average molecular weight is 608 g/mol. The number of nitrogens with zero attached hydrogens (tertiary/aromatic N) is 2. The minimum atomic E-state index is -1.03. The molecule has 0 aromatic heterocycles. The molecule has 4 aliphatic rings. The third-order valence-corrected chi connectivity index (χ3v) is 9.76. The first kappa shape index (κ1) is 32.0. The molecule has 4 fully saturated rings. The van der Waals surface area contributed by atoms with E-state index in [1.807, 2.05) is 50.2 Å². The fourth-order valence-electron chi connectivity index (χ4n) is 7.25. The van der Waals surface area contributed by atoms with Gasteiger partial charge in [0, 0.05) is 42.9 Å². The van der Waals surface area contributed by atoms with E-state index < -0.39 is 30.1 Å². The molecule has 1 heterocycles. The minimum Gasteiger partial charge on any atom is -0.493 e. The third-order valence-electron chi connectivity index (χ3n) is 9.76. The van der Waals surface area contributed by atoms with Crippen LogP contribution in [0.4, 0.5) is 5.69 Å². The van der Waals surface area contributed by atoms with Gasteiger partial charge < -0.3 is 30.3 Å². The van der Waals surface area contributed by atoms with E-state index in [1.165, 1.54) is 5.57 Å². The molecule has 4 N–H and O–H groups in total. The molecule has 6 rings (SSSR count). The van der Waals surface area contributed by atoms with Gasteiger partial charge in [0.1, 0.15) is 17.9 Å². The molecule has 44 heavy (non-hydrogen) atoms. The summed E-state index contributed by atoms with van der Waals surface area (Å²) in [5.74, 6) is -0.273. The van der Waals surface area contributed by atoms with E-state index in [2.05, 4.69) is 18.8 Å². The Hall–Kier alpha value is -3.44. The Labute approximate surface area is 259 Å². The lowest BCUT2D eigenvalue weighted by Gasteiger charge is -2.52. The van der Waals surface area contributed by atoms with Crippen molar-refractivity contribution in [3.8, 4) is 16.9 Å². The van der Waals surface area contributed by atoms with E-state index in [9.17, 15) is 24.9 Å². The maximum atomic E-state index is 14.0. The molecule has 2 aromatic carbocycles. The number of hydrogen-bond acceptors (Lipinski definition) is 8. The number of fused-ring (bicyclic) bond motifs is 2. The normalized spacial score (nSPS) is 28.7. The van der Waals surface area contributed by atoms with Crippen LogP contribution in [-0.4, -0.2) is 83.9 Å². The first-order valence-corrected chi connectivity index (χ1v) is 15.5. The monoisotopic (exact) mass is 607 g/mol. The van der Waals surface area contributed by atoms with Gasteiger partial charge in [-0.2, -0.15) is 5.06 Å². The molecule has 8 atom stereocenters. The molecule has 10 heteroatoms. The Morgan fingerprint density at radius 3 is 2.57 bits per heavy atom. The van der Waals surface area contributed by atoms with Gasteiger partial charge in [-0.3, -0.25) is 9.63 Å². The number of allylic oxidation sites excluding steroid dienone is 1. The Kier molecular flexibility index (Phi) is 9.36. The number of carboxylic acids is 1. The van der Waals surface area contributed by atoms with Crippen LogP contribution in [0.2, 0.25) is 0 Å². The summed E-state index contributed by atoms with van der Waals surface area (Å²) >= 11 is 0. The quantitative estimate of drug-likeness (QED) is 0.282. The van der Waals surface area contributed by atoms with Gasteiger partial charge in [0.15, 0.2) is 0 Å². The summed E-state index contributed by atoms with van der Waals surface area (Å²) in [5, 5.41) is 35.6. The van der Waals surface area contributed by atoms with Crippen LogP contribution in [0.3, 0.4) is 0 Å². The number of amides is 1. The van der Waals surface area contributed by atoms with Gasteiger partial charge in [-0.05, 0) is 68.2 Å². The zero-order valence-electron chi connectivity index (χ0n) is 26.2. The van der Waals surface area contributed by atoms with Gasteiger partial charge in [0.25, 0.3) is 0 Å². The number of rotatable bonds is 11. The van der Waals surface area contributed by atoms with Gasteiger partial charge in [0.2, 0.25) is 5.91 Å². The molecule has 0 unspecified atom stereocenters. The van der Waals surface area contributed by atoms with Crippen LogP contribution in [0.25, 0.3) is 11.1 Å². The van der Waals surface area contributed by atoms with Gasteiger partial charge in [0.05, 0.1) is 31.4 Å². The number of carbonyl (C=O) groups is 2. The summed E-state index contributed by atoms with van der Waals surface area (Å²) in [5.41, 5.74) is 4.28. The van der Waals surface area contributed by atoms with Crippen LogP contribution in [0, 0.1) is 23.7 Å². The van der Waals surface area contributed by atoms with Crippen LogP contribution in [0.15, 0.2) is 48.6 Å². The molecule has 238 valence electrons. The highest BCUT2D eigenvalue weighted by Crippen LogP contribution is 2.52. The number of aromatic carboxylic acids is 1.